The van der Waals surface area contributed by atoms with E-state index in [-0.39, 0.29) is 6.04 Å². The average Bonchev–Trinajstić information content (AvgIpc) is 3.26. The van der Waals surface area contributed by atoms with Gasteiger partial charge in [-0.1, -0.05) is 55.0 Å². The lowest BCUT2D eigenvalue weighted by molar-refractivity contribution is 0.221. The van der Waals surface area contributed by atoms with Gasteiger partial charge >= 0.3 is 0 Å². The lowest BCUT2D eigenvalue weighted by atomic mass is 10.1. The molecule has 0 aliphatic carbocycles. The monoisotopic (exact) mass is 411 g/mol. The molecule has 0 bridgehead atoms. The molecule has 5 rings (SSSR count). The number of nitrogens with one attached hydrogen (secondary N) is 2. The molecule has 2 N–H and O–H groups in total. The summed E-state index contributed by atoms with van der Waals surface area (Å²) in [5.41, 5.74) is 5.71. The third kappa shape index (κ3) is 4.47. The smallest absolute Gasteiger partial charge is 0.143 e. The maximum absolute atomic E-state index is 4.53. The third-order valence-electron chi connectivity index (χ3n) is 6.17. The van der Waals surface area contributed by atoms with Gasteiger partial charge in [-0.15, -0.1) is 0 Å². The summed E-state index contributed by atoms with van der Waals surface area (Å²) in [6.45, 7) is 5.60. The zero-order valence-electron chi connectivity index (χ0n) is 18.0. The molecule has 1 aliphatic heterocycles. The highest BCUT2D eigenvalue weighted by molar-refractivity contribution is 5.91. The molecule has 1 atom stereocenters. The fourth-order valence-corrected chi connectivity index (χ4v) is 4.45. The van der Waals surface area contributed by atoms with Crippen molar-refractivity contribution in [2.24, 2.45) is 0 Å². The molecule has 158 valence electrons. The highest BCUT2D eigenvalue weighted by Gasteiger charge is 2.14. The Morgan fingerprint density at radius 2 is 1.81 bits per heavy atom. The Labute approximate surface area is 183 Å². The van der Waals surface area contributed by atoms with Crippen LogP contribution in [0.1, 0.15) is 43.4 Å². The predicted octanol–water partition coefficient (Wildman–Crippen LogP) is 5.78. The zero-order chi connectivity index (χ0) is 21.0. The first-order valence-electron chi connectivity index (χ1n) is 11.2. The summed E-state index contributed by atoms with van der Waals surface area (Å²) < 4.78 is 0. The summed E-state index contributed by atoms with van der Waals surface area (Å²) >= 11 is 0. The number of nitrogens with zero attached hydrogens (tertiary/aromatic N) is 3. The molecule has 1 fully saturated rings. The number of likely N-dealkylation sites (tertiary alicyclic amines) is 1. The first-order chi connectivity index (χ1) is 15.3. The van der Waals surface area contributed by atoms with Crippen molar-refractivity contribution in [2.75, 3.05) is 18.4 Å². The molecule has 0 amide bonds. The van der Waals surface area contributed by atoms with E-state index in [1.165, 1.54) is 49.0 Å². The summed E-state index contributed by atoms with van der Waals surface area (Å²) in [5.74, 6) is 0.855. The standard InChI is InChI=1S/C26H29N5/c1-19(21-10-4-2-5-11-21)29-25-23-16-24(30-26(23)28-18-27-25)22-12-8-9-20(15-22)17-31-13-6-3-7-14-31/h2,4-5,8-12,15-16,18-19H,3,6-7,13-14,17H2,1H3,(H2,27,28,29,30). The van der Waals surface area contributed by atoms with Crippen LogP contribution in [-0.4, -0.2) is 32.9 Å². The second-order valence-electron chi connectivity index (χ2n) is 8.48. The first-order valence-corrected chi connectivity index (χ1v) is 11.2. The van der Waals surface area contributed by atoms with E-state index in [4.69, 9.17) is 0 Å². The Bertz CT molecular complexity index is 1140. The summed E-state index contributed by atoms with van der Waals surface area (Å²) in [6.07, 6.45) is 5.62. The largest absolute Gasteiger partial charge is 0.363 e. The van der Waals surface area contributed by atoms with Gasteiger partial charge in [0.05, 0.1) is 5.39 Å². The Kier molecular flexibility index (Phi) is 5.67. The molecule has 31 heavy (non-hydrogen) atoms. The van der Waals surface area contributed by atoms with E-state index in [1.54, 1.807) is 6.33 Å². The average molecular weight is 412 g/mol. The van der Waals surface area contributed by atoms with Crippen molar-refractivity contribution >= 4 is 16.9 Å². The summed E-state index contributed by atoms with van der Waals surface area (Å²) in [7, 11) is 0. The maximum atomic E-state index is 4.53. The van der Waals surface area contributed by atoms with Crippen LogP contribution < -0.4 is 5.32 Å². The van der Waals surface area contributed by atoms with E-state index >= 15 is 0 Å². The minimum Gasteiger partial charge on any atom is -0.363 e. The second kappa shape index (κ2) is 8.90. The first kappa shape index (κ1) is 19.8. The van der Waals surface area contributed by atoms with Gasteiger partial charge in [-0.25, -0.2) is 9.97 Å². The molecule has 0 spiro atoms. The van der Waals surface area contributed by atoms with Crippen LogP contribution in [0.15, 0.2) is 67.0 Å². The Hall–Kier alpha value is -3.18. The number of aromatic amines is 1. The highest BCUT2D eigenvalue weighted by Crippen LogP contribution is 2.29. The molecule has 1 aliphatic rings. The van der Waals surface area contributed by atoms with E-state index in [1.807, 2.05) is 6.07 Å². The molecule has 1 unspecified atom stereocenters. The van der Waals surface area contributed by atoms with Gasteiger partial charge in [0.25, 0.3) is 0 Å². The van der Waals surface area contributed by atoms with Crippen LogP contribution in [0.4, 0.5) is 5.82 Å². The van der Waals surface area contributed by atoms with Crippen molar-refractivity contribution in [1.29, 1.82) is 0 Å². The molecule has 3 heterocycles. The second-order valence-corrected chi connectivity index (χ2v) is 8.48. The van der Waals surface area contributed by atoms with Gasteiger partial charge in [0.15, 0.2) is 0 Å². The van der Waals surface area contributed by atoms with Gasteiger partial charge in [0.2, 0.25) is 0 Å². The van der Waals surface area contributed by atoms with Gasteiger partial charge < -0.3 is 10.3 Å². The minimum absolute atomic E-state index is 0.158. The highest BCUT2D eigenvalue weighted by atomic mass is 15.1. The van der Waals surface area contributed by atoms with Crippen molar-refractivity contribution < 1.29 is 0 Å². The topological polar surface area (TPSA) is 56.8 Å². The number of benzene rings is 2. The van der Waals surface area contributed by atoms with Crippen LogP contribution >= 0.6 is 0 Å². The fraction of sp³-hybridized carbons (Fsp3) is 0.308. The lowest BCUT2D eigenvalue weighted by Gasteiger charge is -2.26. The van der Waals surface area contributed by atoms with E-state index < -0.39 is 0 Å². The van der Waals surface area contributed by atoms with Crippen molar-refractivity contribution in [2.45, 2.75) is 38.8 Å². The Balaban J connectivity index is 1.40. The SMILES string of the molecule is CC(Nc1ncnc2[nH]c(-c3cccc(CN4CCCCC4)c3)cc12)c1ccccc1. The van der Waals surface area contributed by atoms with Crippen LogP contribution in [0.25, 0.3) is 22.3 Å². The molecule has 4 aromatic rings. The molecule has 2 aromatic heterocycles. The molecule has 0 saturated carbocycles. The number of rotatable bonds is 6. The summed E-state index contributed by atoms with van der Waals surface area (Å²) in [4.78, 5) is 15.0. The number of hydrogen-bond donors (Lipinski definition) is 2. The van der Waals surface area contributed by atoms with Crippen LogP contribution in [0.3, 0.4) is 0 Å². The summed E-state index contributed by atoms with van der Waals surface area (Å²) in [5, 5.41) is 4.57. The van der Waals surface area contributed by atoms with E-state index in [9.17, 15) is 0 Å². The molecule has 2 aromatic carbocycles. The van der Waals surface area contributed by atoms with Crippen LogP contribution in [0.5, 0.6) is 0 Å². The molecule has 0 radical (unpaired) electrons. The quantitative estimate of drug-likeness (QED) is 0.422. The van der Waals surface area contributed by atoms with Crippen LogP contribution in [0, 0.1) is 0 Å². The van der Waals surface area contributed by atoms with E-state index in [2.05, 4.69) is 86.7 Å². The number of anilines is 1. The molecular weight excluding hydrogens is 382 g/mol. The number of piperidine rings is 1. The van der Waals surface area contributed by atoms with Crippen molar-refractivity contribution in [3.63, 3.8) is 0 Å². The molecule has 5 nitrogen and oxygen atoms in total. The number of fused-ring (bicyclic) bond motifs is 1. The summed E-state index contributed by atoms with van der Waals surface area (Å²) in [6, 6.07) is 21.6. The molecular formula is C26H29N5. The van der Waals surface area contributed by atoms with Crippen LogP contribution in [-0.2, 0) is 6.54 Å². The zero-order valence-corrected chi connectivity index (χ0v) is 18.0. The van der Waals surface area contributed by atoms with Crippen molar-refractivity contribution in [3.05, 3.63) is 78.1 Å². The number of aromatic nitrogens is 3. The van der Waals surface area contributed by atoms with Gasteiger partial charge in [-0.3, -0.25) is 4.90 Å². The van der Waals surface area contributed by atoms with Gasteiger partial charge in [0.1, 0.15) is 17.8 Å². The minimum atomic E-state index is 0.158. The Morgan fingerprint density at radius 1 is 0.968 bits per heavy atom. The Morgan fingerprint density at radius 3 is 2.65 bits per heavy atom. The van der Waals surface area contributed by atoms with Crippen molar-refractivity contribution in [1.82, 2.24) is 19.9 Å². The maximum Gasteiger partial charge on any atom is 0.143 e. The van der Waals surface area contributed by atoms with Crippen LogP contribution in [0.2, 0.25) is 0 Å². The van der Waals surface area contributed by atoms with Gasteiger partial charge in [0, 0.05) is 18.3 Å². The number of hydrogen-bond acceptors (Lipinski definition) is 4. The fourth-order valence-electron chi connectivity index (χ4n) is 4.45. The number of H-pyrrole nitrogens is 1. The van der Waals surface area contributed by atoms with E-state index in [0.717, 1.165) is 29.1 Å². The third-order valence-corrected chi connectivity index (χ3v) is 6.17. The normalized spacial score (nSPS) is 15.8. The molecule has 1 saturated heterocycles. The van der Waals surface area contributed by atoms with Crippen molar-refractivity contribution in [3.8, 4) is 11.3 Å². The lowest BCUT2D eigenvalue weighted by Crippen LogP contribution is -2.29. The van der Waals surface area contributed by atoms with Gasteiger partial charge in [-0.05, 0) is 61.7 Å². The van der Waals surface area contributed by atoms with Gasteiger partial charge in [-0.2, -0.15) is 0 Å². The van der Waals surface area contributed by atoms with E-state index in [0.29, 0.717) is 0 Å². The molecule has 5 heteroatoms. The predicted molar refractivity (Wildman–Crippen MR) is 127 cm³/mol.